The highest BCUT2D eigenvalue weighted by molar-refractivity contribution is 6.30. The van der Waals surface area contributed by atoms with Crippen molar-refractivity contribution in [1.82, 2.24) is 5.32 Å². The van der Waals surface area contributed by atoms with E-state index in [1.807, 2.05) is 7.05 Å². The van der Waals surface area contributed by atoms with Crippen LogP contribution >= 0.6 is 11.6 Å². The molecule has 0 radical (unpaired) electrons. The lowest BCUT2D eigenvalue weighted by molar-refractivity contribution is 0.436. The van der Waals surface area contributed by atoms with Crippen molar-refractivity contribution in [1.29, 1.82) is 0 Å². The van der Waals surface area contributed by atoms with Gasteiger partial charge in [-0.2, -0.15) is 0 Å². The molecule has 0 atom stereocenters. The van der Waals surface area contributed by atoms with Gasteiger partial charge in [0.1, 0.15) is 5.75 Å². The molecule has 0 amide bonds. The molecule has 0 spiro atoms. The first-order chi connectivity index (χ1) is 8.70. The molecular formula is C14H13ClFNO. The molecule has 94 valence electrons. The Balaban J connectivity index is 2.31. The zero-order valence-corrected chi connectivity index (χ0v) is 10.7. The van der Waals surface area contributed by atoms with Crippen molar-refractivity contribution in [3.05, 3.63) is 58.9 Å². The monoisotopic (exact) mass is 265 g/mol. The minimum Gasteiger partial charge on any atom is -0.454 e. The summed E-state index contributed by atoms with van der Waals surface area (Å²) >= 11 is 5.93. The fraction of sp³-hybridized carbons (Fsp3) is 0.143. The first-order valence-corrected chi connectivity index (χ1v) is 5.94. The van der Waals surface area contributed by atoms with E-state index in [4.69, 9.17) is 16.3 Å². The number of hydrogen-bond donors (Lipinski definition) is 1. The highest BCUT2D eigenvalue weighted by Gasteiger charge is 2.08. The van der Waals surface area contributed by atoms with E-state index in [2.05, 4.69) is 5.32 Å². The van der Waals surface area contributed by atoms with Gasteiger partial charge in [-0.05, 0) is 37.4 Å². The number of nitrogens with one attached hydrogen (secondary N) is 1. The summed E-state index contributed by atoms with van der Waals surface area (Å²) in [5.41, 5.74) is 0.883. The van der Waals surface area contributed by atoms with Crippen LogP contribution in [0.3, 0.4) is 0 Å². The average molecular weight is 266 g/mol. The third-order valence-electron chi connectivity index (χ3n) is 2.45. The summed E-state index contributed by atoms with van der Waals surface area (Å²) in [6.07, 6.45) is 0. The standard InChI is InChI=1S/C14H13ClFNO/c1-17-9-10-8-11(15)6-7-13(10)18-14-5-3-2-4-12(14)16/h2-8,17H,9H2,1H3. The molecule has 0 aliphatic rings. The van der Waals surface area contributed by atoms with Gasteiger partial charge >= 0.3 is 0 Å². The molecule has 0 saturated carbocycles. The molecule has 0 aliphatic carbocycles. The van der Waals surface area contributed by atoms with E-state index in [1.165, 1.54) is 6.07 Å². The van der Waals surface area contributed by atoms with E-state index in [9.17, 15) is 4.39 Å². The largest absolute Gasteiger partial charge is 0.454 e. The molecule has 2 nitrogen and oxygen atoms in total. The van der Waals surface area contributed by atoms with E-state index in [0.717, 1.165) is 5.56 Å². The van der Waals surface area contributed by atoms with Crippen LogP contribution < -0.4 is 10.1 Å². The second-order valence-corrected chi connectivity index (χ2v) is 4.25. The van der Waals surface area contributed by atoms with Crippen LogP contribution in [-0.2, 0) is 6.54 Å². The van der Waals surface area contributed by atoms with Crippen LogP contribution in [0.15, 0.2) is 42.5 Å². The fourth-order valence-corrected chi connectivity index (χ4v) is 1.82. The summed E-state index contributed by atoms with van der Waals surface area (Å²) < 4.78 is 19.1. The van der Waals surface area contributed by atoms with Crippen LogP contribution in [0.25, 0.3) is 0 Å². The van der Waals surface area contributed by atoms with E-state index in [1.54, 1.807) is 36.4 Å². The van der Waals surface area contributed by atoms with Crippen LogP contribution in [0.4, 0.5) is 4.39 Å². The molecule has 0 heterocycles. The number of hydrogen-bond acceptors (Lipinski definition) is 2. The summed E-state index contributed by atoms with van der Waals surface area (Å²) in [5, 5.41) is 3.65. The van der Waals surface area contributed by atoms with Gasteiger partial charge in [-0.25, -0.2) is 4.39 Å². The first kappa shape index (κ1) is 12.9. The Morgan fingerprint density at radius 3 is 2.67 bits per heavy atom. The van der Waals surface area contributed by atoms with Crippen LogP contribution in [-0.4, -0.2) is 7.05 Å². The Morgan fingerprint density at radius 1 is 1.17 bits per heavy atom. The molecule has 0 saturated heterocycles. The molecule has 2 rings (SSSR count). The second-order valence-electron chi connectivity index (χ2n) is 3.81. The third kappa shape index (κ3) is 3.00. The van der Waals surface area contributed by atoms with Gasteiger partial charge in [0.15, 0.2) is 11.6 Å². The van der Waals surface area contributed by atoms with Crippen molar-refractivity contribution in [3.63, 3.8) is 0 Å². The van der Waals surface area contributed by atoms with Gasteiger partial charge in [0, 0.05) is 17.1 Å². The molecule has 0 unspecified atom stereocenters. The molecule has 4 heteroatoms. The van der Waals surface area contributed by atoms with E-state index in [0.29, 0.717) is 17.3 Å². The summed E-state index contributed by atoms with van der Waals surface area (Å²) in [6, 6.07) is 11.6. The van der Waals surface area contributed by atoms with Gasteiger partial charge in [-0.1, -0.05) is 23.7 Å². The zero-order chi connectivity index (χ0) is 13.0. The minimum absolute atomic E-state index is 0.206. The molecular weight excluding hydrogens is 253 g/mol. The number of ether oxygens (including phenoxy) is 1. The Kier molecular flexibility index (Phi) is 4.18. The maximum Gasteiger partial charge on any atom is 0.165 e. The molecule has 0 bridgehead atoms. The normalized spacial score (nSPS) is 10.4. The Hall–Kier alpha value is -1.58. The van der Waals surface area contributed by atoms with Crippen LogP contribution in [0.5, 0.6) is 11.5 Å². The topological polar surface area (TPSA) is 21.3 Å². The minimum atomic E-state index is -0.386. The van der Waals surface area contributed by atoms with Gasteiger partial charge in [0.2, 0.25) is 0 Å². The van der Waals surface area contributed by atoms with Gasteiger partial charge < -0.3 is 10.1 Å². The van der Waals surface area contributed by atoms with Crippen molar-refractivity contribution in [3.8, 4) is 11.5 Å². The highest BCUT2D eigenvalue weighted by atomic mass is 35.5. The molecule has 2 aromatic carbocycles. The Bertz CT molecular complexity index is 545. The van der Waals surface area contributed by atoms with Crippen molar-refractivity contribution in [2.45, 2.75) is 6.54 Å². The van der Waals surface area contributed by atoms with Crippen LogP contribution in [0, 0.1) is 5.82 Å². The van der Waals surface area contributed by atoms with Gasteiger partial charge in [-0.15, -0.1) is 0 Å². The maximum absolute atomic E-state index is 13.5. The summed E-state index contributed by atoms with van der Waals surface area (Å²) in [5.74, 6) is 0.416. The number of para-hydroxylation sites is 1. The number of rotatable bonds is 4. The first-order valence-electron chi connectivity index (χ1n) is 5.56. The molecule has 2 aromatic rings. The number of benzene rings is 2. The number of halogens is 2. The van der Waals surface area contributed by atoms with Crippen LogP contribution in [0.1, 0.15) is 5.56 Å². The van der Waals surface area contributed by atoms with Crippen molar-refractivity contribution >= 4 is 11.6 Å². The molecule has 0 aromatic heterocycles. The summed E-state index contributed by atoms with van der Waals surface area (Å²) in [7, 11) is 1.83. The predicted molar refractivity (Wildman–Crippen MR) is 70.7 cm³/mol. The van der Waals surface area contributed by atoms with Crippen molar-refractivity contribution in [2.24, 2.45) is 0 Å². The summed E-state index contributed by atoms with van der Waals surface area (Å²) in [6.45, 7) is 0.602. The van der Waals surface area contributed by atoms with E-state index < -0.39 is 0 Å². The lowest BCUT2D eigenvalue weighted by Crippen LogP contribution is -2.06. The Labute approximate surface area is 110 Å². The van der Waals surface area contributed by atoms with E-state index in [-0.39, 0.29) is 11.6 Å². The molecule has 0 fully saturated rings. The molecule has 18 heavy (non-hydrogen) atoms. The quantitative estimate of drug-likeness (QED) is 0.902. The fourth-order valence-electron chi connectivity index (χ4n) is 1.62. The second kappa shape index (κ2) is 5.85. The predicted octanol–water partition coefficient (Wildman–Crippen LogP) is 3.99. The Morgan fingerprint density at radius 2 is 1.94 bits per heavy atom. The van der Waals surface area contributed by atoms with Gasteiger partial charge in [0.25, 0.3) is 0 Å². The highest BCUT2D eigenvalue weighted by Crippen LogP contribution is 2.29. The SMILES string of the molecule is CNCc1cc(Cl)ccc1Oc1ccccc1F. The van der Waals surface area contributed by atoms with Crippen molar-refractivity contribution < 1.29 is 9.13 Å². The molecule has 1 N–H and O–H groups in total. The third-order valence-corrected chi connectivity index (χ3v) is 2.68. The smallest absolute Gasteiger partial charge is 0.165 e. The lowest BCUT2D eigenvalue weighted by Gasteiger charge is -2.11. The lowest BCUT2D eigenvalue weighted by atomic mass is 10.2. The maximum atomic E-state index is 13.5. The van der Waals surface area contributed by atoms with Gasteiger partial charge in [-0.3, -0.25) is 0 Å². The van der Waals surface area contributed by atoms with Crippen LogP contribution in [0.2, 0.25) is 5.02 Å². The van der Waals surface area contributed by atoms with Crippen molar-refractivity contribution in [2.75, 3.05) is 7.05 Å². The van der Waals surface area contributed by atoms with Gasteiger partial charge in [0.05, 0.1) is 0 Å². The zero-order valence-electron chi connectivity index (χ0n) is 9.91. The van der Waals surface area contributed by atoms with E-state index >= 15 is 0 Å². The molecule has 0 aliphatic heterocycles. The average Bonchev–Trinajstić information content (AvgIpc) is 2.35. The summed E-state index contributed by atoms with van der Waals surface area (Å²) in [4.78, 5) is 0.